The first-order valence-corrected chi connectivity index (χ1v) is 7.92. The summed E-state index contributed by atoms with van der Waals surface area (Å²) in [6.45, 7) is 3.51. The second kappa shape index (κ2) is 4.02. The van der Waals surface area contributed by atoms with Gasteiger partial charge in [0.2, 0.25) is 0 Å². The lowest BCUT2D eigenvalue weighted by molar-refractivity contribution is 0.0231. The first-order chi connectivity index (χ1) is 8.78. The molecule has 3 fully saturated rings. The van der Waals surface area contributed by atoms with E-state index in [0.717, 1.165) is 30.3 Å². The minimum absolute atomic E-state index is 0.660. The van der Waals surface area contributed by atoms with Crippen LogP contribution in [0.1, 0.15) is 51.9 Å². The normalized spacial score (nSPS) is 50.6. The summed E-state index contributed by atoms with van der Waals surface area (Å²) >= 11 is 0. The number of fused-ring (bicyclic) bond motifs is 5. The molecule has 0 unspecified atom stereocenters. The highest BCUT2D eigenvalue weighted by molar-refractivity contribution is 5.18. The maximum absolute atomic E-state index is 5.55. The van der Waals surface area contributed by atoms with Gasteiger partial charge in [-0.25, -0.2) is 0 Å². The van der Waals surface area contributed by atoms with Gasteiger partial charge in [0.25, 0.3) is 0 Å². The molecule has 0 aromatic heterocycles. The Bertz CT molecular complexity index is 372. The molecule has 1 aliphatic heterocycles. The number of ether oxygens (including phenoxy) is 1. The van der Waals surface area contributed by atoms with Crippen molar-refractivity contribution in [2.75, 3.05) is 6.61 Å². The van der Waals surface area contributed by atoms with Crippen LogP contribution in [0.15, 0.2) is 11.8 Å². The summed E-state index contributed by atoms with van der Waals surface area (Å²) in [5, 5.41) is 0. The van der Waals surface area contributed by atoms with Gasteiger partial charge in [-0.15, -0.1) is 0 Å². The Labute approximate surface area is 111 Å². The van der Waals surface area contributed by atoms with Gasteiger partial charge in [-0.05, 0) is 79.6 Å². The minimum atomic E-state index is 0.660. The average Bonchev–Trinajstić information content (AvgIpc) is 2.80. The molecule has 0 saturated heterocycles. The first kappa shape index (κ1) is 11.4. The number of allylic oxidation sites excluding steroid dienone is 1. The fourth-order valence-electron chi connectivity index (χ4n) is 5.60. The fourth-order valence-corrected chi connectivity index (χ4v) is 5.60. The van der Waals surface area contributed by atoms with Crippen LogP contribution in [-0.2, 0) is 4.74 Å². The SMILES string of the molecule is C[C@]12C[CH][C@H]3[C@@H](CCC4=COCC[C@@H]43)[C@@H]1CCC2. The van der Waals surface area contributed by atoms with Crippen LogP contribution in [0.25, 0.3) is 0 Å². The summed E-state index contributed by atoms with van der Waals surface area (Å²) in [6.07, 6.45) is 14.7. The van der Waals surface area contributed by atoms with E-state index < -0.39 is 0 Å². The van der Waals surface area contributed by atoms with E-state index in [9.17, 15) is 0 Å². The molecule has 1 heterocycles. The summed E-state index contributed by atoms with van der Waals surface area (Å²) < 4.78 is 5.55. The van der Waals surface area contributed by atoms with Crippen molar-refractivity contribution in [2.24, 2.45) is 29.1 Å². The summed E-state index contributed by atoms with van der Waals surface area (Å²) in [5.41, 5.74) is 2.29. The van der Waals surface area contributed by atoms with Gasteiger partial charge in [-0.1, -0.05) is 13.3 Å². The molecule has 0 spiro atoms. The van der Waals surface area contributed by atoms with Gasteiger partial charge in [0.15, 0.2) is 0 Å². The van der Waals surface area contributed by atoms with Crippen molar-refractivity contribution < 1.29 is 4.74 Å². The van der Waals surface area contributed by atoms with Crippen LogP contribution in [0.3, 0.4) is 0 Å². The second-order valence-electron chi connectivity index (χ2n) is 7.33. The molecule has 1 nitrogen and oxygen atoms in total. The molecule has 0 aromatic rings. The Morgan fingerprint density at radius 2 is 2.22 bits per heavy atom. The second-order valence-corrected chi connectivity index (χ2v) is 7.33. The van der Waals surface area contributed by atoms with Gasteiger partial charge in [0.05, 0.1) is 12.9 Å². The summed E-state index contributed by atoms with van der Waals surface area (Å²) in [6, 6.07) is 0. The number of hydrogen-bond donors (Lipinski definition) is 0. The molecule has 0 N–H and O–H groups in total. The Balaban J connectivity index is 1.63. The van der Waals surface area contributed by atoms with Gasteiger partial charge >= 0.3 is 0 Å². The van der Waals surface area contributed by atoms with E-state index in [-0.39, 0.29) is 0 Å². The molecule has 3 saturated carbocycles. The molecule has 18 heavy (non-hydrogen) atoms. The molecule has 5 atom stereocenters. The van der Waals surface area contributed by atoms with Crippen LogP contribution in [0.4, 0.5) is 0 Å². The van der Waals surface area contributed by atoms with Crippen LogP contribution in [0.2, 0.25) is 0 Å². The van der Waals surface area contributed by atoms with Gasteiger partial charge in [-0.2, -0.15) is 0 Å². The highest BCUT2D eigenvalue weighted by atomic mass is 16.5. The van der Waals surface area contributed by atoms with Crippen LogP contribution in [-0.4, -0.2) is 6.61 Å². The van der Waals surface area contributed by atoms with Gasteiger partial charge in [0, 0.05) is 0 Å². The van der Waals surface area contributed by atoms with E-state index in [1.807, 2.05) is 0 Å². The molecule has 4 aliphatic rings. The summed E-state index contributed by atoms with van der Waals surface area (Å²) in [7, 11) is 0. The third kappa shape index (κ3) is 1.52. The molecule has 0 aromatic carbocycles. The molecule has 0 bridgehead atoms. The zero-order chi connectivity index (χ0) is 12.2. The number of hydrogen-bond acceptors (Lipinski definition) is 1. The van der Waals surface area contributed by atoms with E-state index in [0.29, 0.717) is 5.41 Å². The van der Waals surface area contributed by atoms with Gasteiger partial charge < -0.3 is 4.74 Å². The van der Waals surface area contributed by atoms with Crippen LogP contribution < -0.4 is 0 Å². The average molecular weight is 245 g/mol. The number of rotatable bonds is 0. The molecular formula is C17H25O. The summed E-state index contributed by atoms with van der Waals surface area (Å²) in [4.78, 5) is 0. The minimum Gasteiger partial charge on any atom is -0.501 e. The molecule has 3 aliphatic carbocycles. The third-order valence-corrected chi connectivity index (χ3v) is 6.51. The van der Waals surface area contributed by atoms with Crippen molar-refractivity contribution in [3.05, 3.63) is 18.3 Å². The Morgan fingerprint density at radius 3 is 3.17 bits per heavy atom. The van der Waals surface area contributed by atoms with Gasteiger partial charge in [0.1, 0.15) is 0 Å². The molecule has 4 rings (SSSR count). The Morgan fingerprint density at radius 1 is 1.28 bits per heavy atom. The lowest BCUT2D eigenvalue weighted by atomic mass is 9.53. The molecular weight excluding hydrogens is 220 g/mol. The highest BCUT2D eigenvalue weighted by Gasteiger charge is 2.52. The monoisotopic (exact) mass is 245 g/mol. The molecule has 0 amide bonds. The van der Waals surface area contributed by atoms with Crippen LogP contribution >= 0.6 is 0 Å². The van der Waals surface area contributed by atoms with Crippen LogP contribution in [0, 0.1) is 35.5 Å². The lowest BCUT2D eigenvalue weighted by Crippen LogP contribution is -2.45. The smallest absolute Gasteiger partial charge is 0.0879 e. The van der Waals surface area contributed by atoms with E-state index in [1.54, 1.807) is 5.57 Å². The lowest BCUT2D eigenvalue weighted by Gasteiger charge is -2.52. The van der Waals surface area contributed by atoms with Crippen molar-refractivity contribution in [3.8, 4) is 0 Å². The van der Waals surface area contributed by atoms with Crippen molar-refractivity contribution in [1.82, 2.24) is 0 Å². The fraction of sp³-hybridized carbons (Fsp3) is 0.824. The highest BCUT2D eigenvalue weighted by Crippen LogP contribution is 2.61. The van der Waals surface area contributed by atoms with Gasteiger partial charge in [-0.3, -0.25) is 0 Å². The van der Waals surface area contributed by atoms with Crippen molar-refractivity contribution in [2.45, 2.75) is 51.9 Å². The van der Waals surface area contributed by atoms with Crippen molar-refractivity contribution in [1.29, 1.82) is 0 Å². The third-order valence-electron chi connectivity index (χ3n) is 6.51. The van der Waals surface area contributed by atoms with E-state index >= 15 is 0 Å². The van der Waals surface area contributed by atoms with Crippen molar-refractivity contribution in [3.63, 3.8) is 0 Å². The van der Waals surface area contributed by atoms with Crippen LogP contribution in [0.5, 0.6) is 0 Å². The van der Waals surface area contributed by atoms with Crippen molar-refractivity contribution >= 4 is 0 Å². The summed E-state index contributed by atoms with van der Waals surface area (Å²) in [5.74, 6) is 3.73. The van der Waals surface area contributed by atoms with E-state index in [4.69, 9.17) is 4.74 Å². The Kier molecular flexibility index (Phi) is 2.54. The quantitative estimate of drug-likeness (QED) is 0.616. The maximum atomic E-state index is 5.55. The zero-order valence-electron chi connectivity index (χ0n) is 11.5. The maximum Gasteiger partial charge on any atom is 0.0879 e. The van der Waals surface area contributed by atoms with E-state index in [2.05, 4.69) is 19.6 Å². The standard InChI is InChI=1S/C17H25O/c1-17-8-2-3-16(17)15-5-4-12-11-18-10-7-13(12)14(15)6-9-17/h6,11,13-16H,2-5,7-10H2,1H3/t13-,14+,15+,16-,17-/m0/s1. The molecule has 99 valence electrons. The first-order valence-electron chi connectivity index (χ1n) is 7.92. The largest absolute Gasteiger partial charge is 0.501 e. The predicted octanol–water partition coefficient (Wildman–Crippen LogP) is 4.35. The topological polar surface area (TPSA) is 9.23 Å². The molecule has 1 radical (unpaired) electrons. The predicted molar refractivity (Wildman–Crippen MR) is 72.7 cm³/mol. The Hall–Kier alpha value is -0.460. The van der Waals surface area contributed by atoms with E-state index in [1.165, 1.54) is 44.9 Å². The zero-order valence-corrected chi connectivity index (χ0v) is 11.5. The molecule has 1 heteroatoms.